The van der Waals surface area contributed by atoms with Crippen LogP contribution in [0, 0.1) is 23.7 Å². The number of rotatable bonds is 13. The van der Waals surface area contributed by atoms with Gasteiger partial charge in [-0.1, -0.05) is 91.8 Å². The Labute approximate surface area is 317 Å². The summed E-state index contributed by atoms with van der Waals surface area (Å²) in [6.07, 6.45) is -3.48. The van der Waals surface area contributed by atoms with Gasteiger partial charge in [0.05, 0.1) is 23.6 Å². The summed E-state index contributed by atoms with van der Waals surface area (Å²) >= 11 is 0. The highest BCUT2D eigenvalue weighted by Crippen LogP contribution is 2.50. The lowest BCUT2D eigenvalue weighted by molar-refractivity contribution is -0.189. The van der Waals surface area contributed by atoms with Gasteiger partial charge in [0.2, 0.25) is 17.5 Å². The van der Waals surface area contributed by atoms with E-state index in [-0.39, 0.29) is 17.1 Å². The average Bonchev–Trinajstić information content (AvgIpc) is 3.67. The first-order chi connectivity index (χ1) is 25.9. The van der Waals surface area contributed by atoms with Crippen LogP contribution < -0.4 is 15.0 Å². The molecule has 0 spiro atoms. The number of Topliss-reactive ketones (excluding diaryl/α,β-unsaturated/α-hetero) is 2. The number of ketones is 2. The van der Waals surface area contributed by atoms with Gasteiger partial charge in [0, 0.05) is 17.8 Å². The molecular weight excluding hydrogens is 712 g/mol. The quantitative estimate of drug-likeness (QED) is 0.157. The van der Waals surface area contributed by atoms with Crippen molar-refractivity contribution < 1.29 is 48.4 Å². The summed E-state index contributed by atoms with van der Waals surface area (Å²) in [4.78, 5) is 82.0. The van der Waals surface area contributed by atoms with Gasteiger partial charge in [0.1, 0.15) is 12.7 Å². The SMILES string of the molecule is CC(C)C(=O)Nc1nc(OC(=O)N(c2ccccc2)c2ccccc2)c2ncn([C@@H]3O[C@H](COC(=O)C(C)C)[C@](O)(C(=O)C(C)C)[C@]3(O)C(=O)C(C)C)c2n1. The molecule has 4 atom stereocenters. The van der Waals surface area contributed by atoms with Crippen molar-refractivity contribution in [1.82, 2.24) is 19.5 Å². The Morgan fingerprint density at radius 3 is 1.85 bits per heavy atom. The maximum atomic E-state index is 14.1. The molecule has 1 aliphatic rings. The van der Waals surface area contributed by atoms with E-state index in [0.717, 1.165) is 10.9 Å². The summed E-state index contributed by atoms with van der Waals surface area (Å²) in [5.74, 6) is -6.84. The van der Waals surface area contributed by atoms with Crippen LogP contribution in [0.3, 0.4) is 0 Å². The first-order valence-electron chi connectivity index (χ1n) is 18.0. The molecule has 3 N–H and O–H groups in total. The first-order valence-corrected chi connectivity index (χ1v) is 18.0. The Morgan fingerprint density at radius 2 is 1.35 bits per heavy atom. The number of anilines is 3. The third-order valence-corrected chi connectivity index (χ3v) is 9.14. The minimum absolute atomic E-state index is 0.173. The molecule has 0 aliphatic carbocycles. The molecule has 3 heterocycles. The minimum Gasteiger partial charge on any atom is -0.463 e. The van der Waals surface area contributed by atoms with Crippen molar-refractivity contribution >= 4 is 58.0 Å². The number of aromatic nitrogens is 4. The van der Waals surface area contributed by atoms with Crippen molar-refractivity contribution in [2.75, 3.05) is 16.8 Å². The Hall–Kier alpha value is -5.58. The maximum absolute atomic E-state index is 14.1. The molecule has 292 valence electrons. The van der Waals surface area contributed by atoms with Gasteiger partial charge in [-0.15, -0.1) is 0 Å². The van der Waals surface area contributed by atoms with Crippen LogP contribution in [0.5, 0.6) is 5.88 Å². The van der Waals surface area contributed by atoms with Gasteiger partial charge in [0.25, 0.3) is 5.88 Å². The number of carbonyl (C=O) groups is 5. The zero-order valence-corrected chi connectivity index (χ0v) is 31.9. The molecule has 2 aromatic carbocycles. The van der Waals surface area contributed by atoms with Crippen LogP contribution in [0.15, 0.2) is 67.0 Å². The van der Waals surface area contributed by atoms with Crippen LogP contribution in [0.2, 0.25) is 0 Å². The number of hydrogen-bond acceptors (Lipinski definition) is 13. The molecule has 1 saturated heterocycles. The second kappa shape index (κ2) is 16.0. The third-order valence-electron chi connectivity index (χ3n) is 9.14. The molecule has 2 aromatic heterocycles. The van der Waals surface area contributed by atoms with Crippen LogP contribution in [-0.2, 0) is 28.7 Å². The Kier molecular flexibility index (Phi) is 11.8. The van der Waals surface area contributed by atoms with Crippen molar-refractivity contribution in [2.45, 2.75) is 78.9 Å². The number of para-hydroxylation sites is 2. The lowest BCUT2D eigenvalue weighted by Gasteiger charge is -2.40. The fourth-order valence-corrected chi connectivity index (χ4v) is 6.16. The lowest BCUT2D eigenvalue weighted by atomic mass is 9.69. The number of ether oxygens (including phenoxy) is 3. The van der Waals surface area contributed by atoms with Crippen molar-refractivity contribution in [3.63, 3.8) is 0 Å². The smallest absolute Gasteiger partial charge is 0.425 e. The molecular formula is C39H46N6O10. The van der Waals surface area contributed by atoms with Crippen molar-refractivity contribution in [2.24, 2.45) is 23.7 Å². The number of aliphatic hydroxyl groups is 2. The van der Waals surface area contributed by atoms with Crippen LogP contribution in [-0.4, -0.2) is 83.2 Å². The summed E-state index contributed by atoms with van der Waals surface area (Å²) in [5.41, 5.74) is -5.43. The molecule has 55 heavy (non-hydrogen) atoms. The number of carbonyl (C=O) groups excluding carboxylic acids is 5. The number of hydrogen-bond donors (Lipinski definition) is 3. The Morgan fingerprint density at radius 1 is 0.800 bits per heavy atom. The van der Waals surface area contributed by atoms with E-state index in [1.165, 1.54) is 32.6 Å². The first kappa shape index (κ1) is 40.6. The minimum atomic E-state index is -3.01. The molecule has 4 aromatic rings. The molecule has 16 heteroatoms. The van der Waals surface area contributed by atoms with Gasteiger partial charge < -0.3 is 24.4 Å². The molecule has 0 bridgehead atoms. The number of benzene rings is 2. The maximum Gasteiger partial charge on any atom is 0.425 e. The normalized spacial score (nSPS) is 21.0. The molecule has 0 radical (unpaired) electrons. The second-order valence-electron chi connectivity index (χ2n) is 14.5. The highest BCUT2D eigenvalue weighted by atomic mass is 16.6. The van der Waals surface area contributed by atoms with Crippen LogP contribution in [0.4, 0.5) is 22.1 Å². The standard InChI is InChI=1S/C39H46N6O10/c1-21(2)29(46)38(51)27(19-53-34(49)24(7)8)54-35(39(38,52)30(47)22(3)4)44-20-40-28-31(44)41-36(42-32(48)23(5)6)43-33(28)55-37(50)45(25-15-11-9-12-16-25)26-17-13-10-14-18-26/h9-18,20-24,27,35,51-52H,19H2,1-8H3,(H,41,42,43,48)/t27-,35-,38+,39+/m1/s1. The zero-order valence-electron chi connectivity index (χ0n) is 31.9. The summed E-state index contributed by atoms with van der Waals surface area (Å²) < 4.78 is 18.5. The van der Waals surface area contributed by atoms with Crippen LogP contribution in [0.1, 0.15) is 61.6 Å². The van der Waals surface area contributed by atoms with E-state index in [1.54, 1.807) is 88.4 Å². The lowest BCUT2D eigenvalue weighted by Crippen LogP contribution is -2.68. The Bertz CT molecular complexity index is 2030. The fourth-order valence-electron chi connectivity index (χ4n) is 6.16. The number of fused-ring (bicyclic) bond motifs is 1. The number of nitrogens with one attached hydrogen (secondary N) is 1. The molecule has 1 fully saturated rings. The number of esters is 1. The van der Waals surface area contributed by atoms with Gasteiger partial charge in [-0.3, -0.25) is 29.1 Å². The molecule has 2 amide bonds. The highest BCUT2D eigenvalue weighted by Gasteiger charge is 2.74. The monoisotopic (exact) mass is 758 g/mol. The van der Waals surface area contributed by atoms with Crippen molar-refractivity contribution in [3.8, 4) is 5.88 Å². The molecule has 5 rings (SSSR count). The fraction of sp³-hybridized carbons (Fsp3) is 0.436. The molecule has 0 saturated carbocycles. The van der Waals surface area contributed by atoms with Crippen molar-refractivity contribution in [1.29, 1.82) is 0 Å². The van der Waals surface area contributed by atoms with E-state index in [9.17, 15) is 34.2 Å². The molecule has 16 nitrogen and oxygen atoms in total. The van der Waals surface area contributed by atoms with Gasteiger partial charge in [-0.05, 0) is 24.3 Å². The summed E-state index contributed by atoms with van der Waals surface area (Å²) in [6, 6.07) is 17.3. The van der Waals surface area contributed by atoms with Crippen LogP contribution in [0.25, 0.3) is 11.2 Å². The summed E-state index contributed by atoms with van der Waals surface area (Å²) in [7, 11) is 0. The van der Waals surface area contributed by atoms with Crippen LogP contribution >= 0.6 is 0 Å². The summed E-state index contributed by atoms with van der Waals surface area (Å²) in [5, 5.41) is 27.5. The highest BCUT2D eigenvalue weighted by molar-refractivity contribution is 6.02. The average molecular weight is 759 g/mol. The van der Waals surface area contributed by atoms with Crippen molar-refractivity contribution in [3.05, 3.63) is 67.0 Å². The number of imidazole rings is 1. The number of nitrogens with zero attached hydrogens (tertiary/aromatic N) is 5. The van der Waals surface area contributed by atoms with E-state index in [1.807, 2.05) is 0 Å². The van der Waals surface area contributed by atoms with Gasteiger partial charge in [-0.2, -0.15) is 9.97 Å². The third kappa shape index (κ3) is 7.57. The van der Waals surface area contributed by atoms with E-state index in [4.69, 9.17) is 14.2 Å². The zero-order chi connectivity index (χ0) is 40.4. The van der Waals surface area contributed by atoms with E-state index >= 15 is 0 Å². The molecule has 1 aliphatic heterocycles. The summed E-state index contributed by atoms with van der Waals surface area (Å²) in [6.45, 7) is 11.6. The number of amides is 2. The predicted molar refractivity (Wildman–Crippen MR) is 199 cm³/mol. The van der Waals surface area contributed by atoms with Gasteiger partial charge in [-0.25, -0.2) is 14.7 Å². The predicted octanol–water partition coefficient (Wildman–Crippen LogP) is 4.77. The van der Waals surface area contributed by atoms with E-state index in [0.29, 0.717) is 11.4 Å². The molecule has 0 unspecified atom stereocenters. The topological polar surface area (TPSA) is 212 Å². The van der Waals surface area contributed by atoms with Gasteiger partial charge >= 0.3 is 12.1 Å². The van der Waals surface area contributed by atoms with E-state index in [2.05, 4.69) is 20.3 Å². The van der Waals surface area contributed by atoms with Gasteiger partial charge in [0.15, 0.2) is 34.6 Å². The van der Waals surface area contributed by atoms with E-state index < -0.39 is 89.2 Å². The second-order valence-corrected chi connectivity index (χ2v) is 14.5. The largest absolute Gasteiger partial charge is 0.463 e. The Balaban J connectivity index is 1.70.